The summed E-state index contributed by atoms with van der Waals surface area (Å²) in [6.07, 6.45) is -0.587. The molecule has 0 amide bonds. The quantitative estimate of drug-likeness (QED) is 0.849. The summed E-state index contributed by atoms with van der Waals surface area (Å²) < 4.78 is 41.2. The minimum absolute atomic E-state index is 0.233. The Balaban J connectivity index is 1.47. The van der Waals surface area contributed by atoms with Gasteiger partial charge >= 0.3 is 6.36 Å². The zero-order valence-corrected chi connectivity index (χ0v) is 15.0. The normalized spacial score (nSPS) is 27.4. The molecular weight excluding hydrogens is 355 g/mol. The summed E-state index contributed by atoms with van der Waals surface area (Å²) in [5, 5.41) is 3.56. The number of rotatable bonds is 4. The molecule has 27 heavy (non-hydrogen) atoms. The highest BCUT2D eigenvalue weighted by molar-refractivity contribution is 5.65. The first-order chi connectivity index (χ1) is 12.9. The van der Waals surface area contributed by atoms with Crippen molar-refractivity contribution in [2.24, 2.45) is 5.92 Å². The van der Waals surface area contributed by atoms with Crippen molar-refractivity contribution in [2.45, 2.75) is 38.2 Å². The largest absolute Gasteiger partial charge is 0.573 e. The molecule has 3 aliphatic rings. The van der Waals surface area contributed by atoms with Crippen LogP contribution in [-0.4, -0.2) is 41.4 Å². The number of hydrogen-bond donors (Lipinski definition) is 1. The number of benzene rings is 1. The lowest BCUT2D eigenvalue weighted by molar-refractivity contribution is -0.274. The van der Waals surface area contributed by atoms with Crippen LogP contribution in [0, 0.1) is 5.92 Å². The van der Waals surface area contributed by atoms with Crippen LogP contribution < -0.4 is 10.1 Å². The molecule has 3 aliphatic heterocycles. The molecule has 0 saturated carbocycles. The van der Waals surface area contributed by atoms with E-state index in [-0.39, 0.29) is 5.75 Å². The fourth-order valence-corrected chi connectivity index (χ4v) is 4.24. The highest BCUT2D eigenvalue weighted by Crippen LogP contribution is 2.34. The summed E-state index contributed by atoms with van der Waals surface area (Å²) in [6, 6.07) is 10.6. The van der Waals surface area contributed by atoms with E-state index >= 15 is 0 Å². The van der Waals surface area contributed by atoms with E-state index in [4.69, 9.17) is 0 Å². The van der Waals surface area contributed by atoms with Crippen LogP contribution in [0.4, 0.5) is 19.0 Å². The smallest absolute Gasteiger partial charge is 0.406 e. The zero-order valence-electron chi connectivity index (χ0n) is 15.0. The van der Waals surface area contributed by atoms with E-state index in [9.17, 15) is 13.2 Å². The Bertz CT molecular complexity index is 784. The first kappa shape index (κ1) is 18.1. The topological polar surface area (TPSA) is 37.4 Å². The van der Waals surface area contributed by atoms with Crippen LogP contribution in [0.3, 0.4) is 0 Å². The van der Waals surface area contributed by atoms with Crippen molar-refractivity contribution in [3.05, 3.63) is 42.6 Å². The Kier molecular flexibility index (Phi) is 4.72. The summed E-state index contributed by atoms with van der Waals surface area (Å²) >= 11 is 0. The lowest BCUT2D eigenvalue weighted by Gasteiger charge is -2.50. The van der Waals surface area contributed by atoms with Gasteiger partial charge in [0.1, 0.15) is 11.6 Å². The Morgan fingerprint density at radius 2 is 1.89 bits per heavy atom. The van der Waals surface area contributed by atoms with Crippen molar-refractivity contribution in [1.82, 2.24) is 9.88 Å². The van der Waals surface area contributed by atoms with Gasteiger partial charge in [0.2, 0.25) is 0 Å². The first-order valence-electron chi connectivity index (χ1n) is 9.22. The molecule has 2 aromatic rings. The molecule has 0 aliphatic carbocycles. The fourth-order valence-electron chi connectivity index (χ4n) is 4.24. The molecular formula is C20H22F3N3O. The van der Waals surface area contributed by atoms with Crippen LogP contribution in [0.1, 0.15) is 19.8 Å². The second-order valence-corrected chi connectivity index (χ2v) is 7.29. The van der Waals surface area contributed by atoms with Gasteiger partial charge in [0, 0.05) is 23.8 Å². The maximum Gasteiger partial charge on any atom is 0.573 e. The minimum atomic E-state index is -4.70. The highest BCUT2D eigenvalue weighted by atomic mass is 19.4. The minimum Gasteiger partial charge on any atom is -0.406 e. The van der Waals surface area contributed by atoms with E-state index in [1.165, 1.54) is 44.1 Å². The number of aromatic nitrogens is 1. The third kappa shape index (κ3) is 4.03. The van der Waals surface area contributed by atoms with Crippen molar-refractivity contribution in [3.8, 4) is 16.9 Å². The third-order valence-corrected chi connectivity index (χ3v) is 5.66. The van der Waals surface area contributed by atoms with Crippen molar-refractivity contribution < 1.29 is 17.9 Å². The van der Waals surface area contributed by atoms with Crippen molar-refractivity contribution in [1.29, 1.82) is 0 Å². The van der Waals surface area contributed by atoms with Crippen LogP contribution in [0.5, 0.6) is 5.75 Å². The molecule has 1 aromatic heterocycles. The average molecular weight is 377 g/mol. The summed E-state index contributed by atoms with van der Waals surface area (Å²) in [7, 11) is 0. The fraction of sp³-hybridized carbons (Fsp3) is 0.450. The maximum absolute atomic E-state index is 12.4. The number of hydrogen-bond acceptors (Lipinski definition) is 4. The van der Waals surface area contributed by atoms with Crippen LogP contribution in [0.15, 0.2) is 42.6 Å². The monoisotopic (exact) mass is 377 g/mol. The number of fused-ring (bicyclic) bond motifs is 3. The number of piperidine rings is 3. The van der Waals surface area contributed by atoms with Gasteiger partial charge in [-0.15, -0.1) is 13.2 Å². The van der Waals surface area contributed by atoms with Gasteiger partial charge in [-0.3, -0.25) is 4.90 Å². The lowest BCUT2D eigenvalue weighted by Crippen LogP contribution is -2.59. The van der Waals surface area contributed by atoms with Gasteiger partial charge in [-0.05, 0) is 68.6 Å². The van der Waals surface area contributed by atoms with E-state index in [1.54, 1.807) is 12.3 Å². The van der Waals surface area contributed by atoms with Gasteiger partial charge in [0.05, 0.1) is 0 Å². The Morgan fingerprint density at radius 1 is 1.11 bits per heavy atom. The van der Waals surface area contributed by atoms with Crippen LogP contribution in [-0.2, 0) is 0 Å². The molecule has 1 N–H and O–H groups in total. The number of ether oxygens (including phenoxy) is 1. The Labute approximate surface area is 156 Å². The predicted octanol–water partition coefficient (Wildman–Crippen LogP) is 4.54. The van der Waals surface area contributed by atoms with Gasteiger partial charge in [-0.1, -0.05) is 12.1 Å². The molecule has 7 heteroatoms. The highest BCUT2D eigenvalue weighted by Gasteiger charge is 2.39. The lowest BCUT2D eigenvalue weighted by atomic mass is 9.79. The molecule has 4 nitrogen and oxygen atoms in total. The SMILES string of the molecule is C[C@@H]1[C@H](Nc2ccc(-c3cccc(OC(F)(F)F)c3)cn2)C2CCN1CC2. The number of halogens is 3. The number of nitrogens with zero attached hydrogens (tertiary/aromatic N) is 2. The molecule has 3 saturated heterocycles. The summed E-state index contributed by atoms with van der Waals surface area (Å²) in [5.41, 5.74) is 1.38. The van der Waals surface area contributed by atoms with Crippen molar-refractivity contribution in [3.63, 3.8) is 0 Å². The van der Waals surface area contributed by atoms with E-state index < -0.39 is 6.36 Å². The van der Waals surface area contributed by atoms with Crippen molar-refractivity contribution in [2.75, 3.05) is 18.4 Å². The predicted molar refractivity (Wildman–Crippen MR) is 97.5 cm³/mol. The molecule has 0 spiro atoms. The van der Waals surface area contributed by atoms with Crippen molar-refractivity contribution >= 4 is 5.82 Å². The summed E-state index contributed by atoms with van der Waals surface area (Å²) in [6.45, 7) is 4.60. The Hall–Kier alpha value is -2.28. The van der Waals surface area contributed by atoms with Gasteiger partial charge in [-0.2, -0.15) is 0 Å². The van der Waals surface area contributed by atoms with Crippen LogP contribution in [0.2, 0.25) is 0 Å². The Morgan fingerprint density at radius 3 is 2.52 bits per heavy atom. The molecule has 0 unspecified atom stereocenters. The van der Waals surface area contributed by atoms with Crippen LogP contribution >= 0.6 is 0 Å². The zero-order chi connectivity index (χ0) is 19.0. The molecule has 4 heterocycles. The third-order valence-electron chi connectivity index (χ3n) is 5.66. The van der Waals surface area contributed by atoms with Gasteiger partial charge in [0.15, 0.2) is 0 Å². The number of anilines is 1. The second-order valence-electron chi connectivity index (χ2n) is 7.29. The standard InChI is InChI=1S/C20H22F3N3O/c1-13-19(14-7-9-26(13)10-8-14)25-18-6-5-16(12-24-18)15-3-2-4-17(11-15)27-20(21,22)23/h2-6,11-14,19H,7-10H2,1H3,(H,24,25)/t13-,19+/m1/s1. The molecule has 144 valence electrons. The summed E-state index contributed by atoms with van der Waals surface area (Å²) in [4.78, 5) is 6.99. The maximum atomic E-state index is 12.4. The number of nitrogens with one attached hydrogen (secondary N) is 1. The second kappa shape index (κ2) is 7.03. The first-order valence-corrected chi connectivity index (χ1v) is 9.22. The van der Waals surface area contributed by atoms with E-state index in [2.05, 4.69) is 26.9 Å². The van der Waals surface area contributed by atoms with E-state index in [0.717, 1.165) is 11.4 Å². The van der Waals surface area contributed by atoms with Gasteiger partial charge in [-0.25, -0.2) is 4.98 Å². The molecule has 3 fully saturated rings. The van der Waals surface area contributed by atoms with Crippen LogP contribution in [0.25, 0.3) is 11.1 Å². The molecule has 1 aromatic carbocycles. The molecule has 5 rings (SSSR count). The van der Waals surface area contributed by atoms with Gasteiger partial charge in [0.25, 0.3) is 0 Å². The van der Waals surface area contributed by atoms with Gasteiger partial charge < -0.3 is 10.1 Å². The van der Waals surface area contributed by atoms with E-state index in [1.807, 2.05) is 12.1 Å². The molecule has 2 atom stereocenters. The molecule has 0 radical (unpaired) electrons. The number of alkyl halides is 3. The van der Waals surface area contributed by atoms with E-state index in [0.29, 0.717) is 23.6 Å². The number of pyridine rings is 1. The molecule has 2 bridgehead atoms. The average Bonchev–Trinajstić information content (AvgIpc) is 2.64. The summed E-state index contributed by atoms with van der Waals surface area (Å²) in [5.74, 6) is 1.23.